The highest BCUT2D eigenvalue weighted by molar-refractivity contribution is 5.86. The van der Waals surface area contributed by atoms with Gasteiger partial charge < -0.3 is 9.47 Å². The predicted molar refractivity (Wildman–Crippen MR) is 92.7 cm³/mol. The second-order valence-electron chi connectivity index (χ2n) is 5.66. The summed E-state index contributed by atoms with van der Waals surface area (Å²) in [4.78, 5) is 11.6. The zero-order chi connectivity index (χ0) is 17.7. The highest BCUT2D eigenvalue weighted by atomic mass is 16.6. The predicted octanol–water partition coefficient (Wildman–Crippen LogP) is 4.41. The minimum Gasteiger partial charge on any atom is -0.489 e. The van der Waals surface area contributed by atoms with Gasteiger partial charge in [0.25, 0.3) is 0 Å². The van der Waals surface area contributed by atoms with E-state index in [1.165, 1.54) is 12.7 Å². The number of carbonyl (C=O) groups is 1. The van der Waals surface area contributed by atoms with E-state index in [1.807, 2.05) is 38.1 Å². The van der Waals surface area contributed by atoms with Crippen LogP contribution in [0.2, 0.25) is 0 Å². The third kappa shape index (κ3) is 4.06. The van der Waals surface area contributed by atoms with E-state index in [0.717, 1.165) is 23.3 Å². The molecule has 0 aromatic heterocycles. The Balaban J connectivity index is 2.22. The van der Waals surface area contributed by atoms with E-state index in [-0.39, 0.29) is 6.61 Å². The van der Waals surface area contributed by atoms with Crippen molar-refractivity contribution in [2.24, 2.45) is 0 Å². The third-order valence-electron chi connectivity index (χ3n) is 3.85. The summed E-state index contributed by atoms with van der Waals surface area (Å²) in [7, 11) is 1.22. The Morgan fingerprint density at radius 1 is 1.17 bits per heavy atom. The standard InChI is InChI=1S/C19H23NO4/c1-5-15-7-9-18(14(3)11-15)24-12-16-8-6-13(2)10-17(16)20(22)19(21)23-4/h6-11,22H,5,12H2,1-4H3. The molecule has 24 heavy (non-hydrogen) atoms. The van der Waals surface area contributed by atoms with Crippen molar-refractivity contribution in [3.63, 3.8) is 0 Å². The number of methoxy groups -OCH3 is 1. The first-order valence-electron chi connectivity index (χ1n) is 7.85. The fraction of sp³-hybridized carbons (Fsp3) is 0.316. The highest BCUT2D eigenvalue weighted by Gasteiger charge is 2.18. The van der Waals surface area contributed by atoms with Gasteiger partial charge in [-0.1, -0.05) is 31.2 Å². The van der Waals surface area contributed by atoms with E-state index in [1.54, 1.807) is 6.07 Å². The van der Waals surface area contributed by atoms with Crippen molar-refractivity contribution < 1.29 is 19.5 Å². The number of hydrogen-bond acceptors (Lipinski definition) is 4. The lowest BCUT2D eigenvalue weighted by atomic mass is 10.1. The third-order valence-corrected chi connectivity index (χ3v) is 3.85. The van der Waals surface area contributed by atoms with Gasteiger partial charge in [-0.15, -0.1) is 0 Å². The summed E-state index contributed by atoms with van der Waals surface area (Å²) in [5.41, 5.74) is 4.26. The van der Waals surface area contributed by atoms with Crippen molar-refractivity contribution in [3.8, 4) is 5.75 Å². The molecule has 1 N–H and O–H groups in total. The maximum atomic E-state index is 11.6. The number of aryl methyl sites for hydroxylation is 3. The average molecular weight is 329 g/mol. The molecule has 0 aliphatic carbocycles. The number of nitrogens with zero attached hydrogens (tertiary/aromatic N) is 1. The Kier molecular flexibility index (Phi) is 5.82. The minimum atomic E-state index is -0.842. The number of rotatable bonds is 5. The van der Waals surface area contributed by atoms with Crippen molar-refractivity contribution in [1.82, 2.24) is 0 Å². The minimum absolute atomic E-state index is 0.232. The summed E-state index contributed by atoms with van der Waals surface area (Å²) in [6.07, 6.45) is 0.132. The Hall–Kier alpha value is -2.53. The summed E-state index contributed by atoms with van der Waals surface area (Å²) < 4.78 is 10.4. The summed E-state index contributed by atoms with van der Waals surface area (Å²) >= 11 is 0. The van der Waals surface area contributed by atoms with E-state index in [0.29, 0.717) is 16.3 Å². The molecule has 0 heterocycles. The topological polar surface area (TPSA) is 59.0 Å². The molecule has 5 nitrogen and oxygen atoms in total. The first-order chi connectivity index (χ1) is 11.5. The van der Waals surface area contributed by atoms with Crippen LogP contribution >= 0.6 is 0 Å². The zero-order valence-corrected chi connectivity index (χ0v) is 14.5. The van der Waals surface area contributed by atoms with Crippen molar-refractivity contribution >= 4 is 11.8 Å². The largest absolute Gasteiger partial charge is 0.489 e. The molecule has 0 aliphatic heterocycles. The fourth-order valence-electron chi connectivity index (χ4n) is 2.43. The molecular weight excluding hydrogens is 306 g/mol. The molecule has 0 spiro atoms. The van der Waals surface area contributed by atoms with Crippen LogP contribution in [0.5, 0.6) is 5.75 Å². The van der Waals surface area contributed by atoms with Gasteiger partial charge in [-0.25, -0.2) is 4.79 Å². The van der Waals surface area contributed by atoms with Gasteiger partial charge >= 0.3 is 6.09 Å². The molecule has 0 saturated carbocycles. The van der Waals surface area contributed by atoms with Crippen LogP contribution in [-0.2, 0) is 17.8 Å². The molecule has 2 aromatic rings. The van der Waals surface area contributed by atoms with Gasteiger partial charge in [-0.05, 0) is 49.1 Å². The van der Waals surface area contributed by atoms with Gasteiger partial charge in [-0.2, -0.15) is 5.06 Å². The van der Waals surface area contributed by atoms with Gasteiger partial charge in [-0.3, -0.25) is 5.21 Å². The van der Waals surface area contributed by atoms with E-state index in [2.05, 4.69) is 17.7 Å². The summed E-state index contributed by atoms with van der Waals surface area (Å²) in [5, 5.41) is 10.5. The van der Waals surface area contributed by atoms with Crippen LogP contribution in [0, 0.1) is 13.8 Å². The fourth-order valence-corrected chi connectivity index (χ4v) is 2.43. The highest BCUT2D eigenvalue weighted by Crippen LogP contribution is 2.25. The van der Waals surface area contributed by atoms with Crippen LogP contribution < -0.4 is 9.80 Å². The van der Waals surface area contributed by atoms with Gasteiger partial charge in [0.2, 0.25) is 0 Å². The van der Waals surface area contributed by atoms with Crippen molar-refractivity contribution in [1.29, 1.82) is 0 Å². The molecule has 1 amide bonds. The van der Waals surface area contributed by atoms with Crippen LogP contribution in [0.3, 0.4) is 0 Å². The molecule has 0 bridgehead atoms. The van der Waals surface area contributed by atoms with Crippen LogP contribution in [0.4, 0.5) is 10.5 Å². The number of ether oxygens (including phenoxy) is 2. The number of hydroxylamine groups is 1. The number of benzene rings is 2. The van der Waals surface area contributed by atoms with Gasteiger partial charge in [0.05, 0.1) is 12.8 Å². The maximum absolute atomic E-state index is 11.6. The van der Waals surface area contributed by atoms with Crippen LogP contribution in [0.15, 0.2) is 36.4 Å². The molecule has 2 rings (SSSR count). The van der Waals surface area contributed by atoms with Crippen molar-refractivity contribution in [3.05, 3.63) is 58.7 Å². The monoisotopic (exact) mass is 329 g/mol. The van der Waals surface area contributed by atoms with E-state index in [4.69, 9.17) is 4.74 Å². The van der Waals surface area contributed by atoms with Gasteiger partial charge in [0.15, 0.2) is 0 Å². The van der Waals surface area contributed by atoms with Crippen LogP contribution in [-0.4, -0.2) is 18.4 Å². The smallest absolute Gasteiger partial charge is 0.438 e. The lowest BCUT2D eigenvalue weighted by molar-refractivity contribution is 0.140. The Morgan fingerprint density at radius 3 is 2.54 bits per heavy atom. The second-order valence-corrected chi connectivity index (χ2v) is 5.66. The normalized spacial score (nSPS) is 10.4. The van der Waals surface area contributed by atoms with E-state index < -0.39 is 6.09 Å². The number of amides is 1. The van der Waals surface area contributed by atoms with Crippen LogP contribution in [0.1, 0.15) is 29.2 Å². The Bertz CT molecular complexity index is 727. The molecule has 2 aromatic carbocycles. The Morgan fingerprint density at radius 2 is 1.92 bits per heavy atom. The van der Waals surface area contributed by atoms with Crippen LogP contribution in [0.25, 0.3) is 0 Å². The molecule has 0 unspecified atom stereocenters. The lowest BCUT2D eigenvalue weighted by Crippen LogP contribution is -2.28. The number of carbonyl (C=O) groups excluding carboxylic acids is 1. The summed E-state index contributed by atoms with van der Waals surface area (Å²) in [6, 6.07) is 11.5. The SMILES string of the molecule is CCc1ccc(OCc2ccc(C)cc2N(O)C(=O)OC)c(C)c1. The first-order valence-corrected chi connectivity index (χ1v) is 7.85. The molecule has 0 radical (unpaired) electrons. The summed E-state index contributed by atoms with van der Waals surface area (Å²) in [6.45, 7) is 6.22. The molecule has 128 valence electrons. The lowest BCUT2D eigenvalue weighted by Gasteiger charge is -2.18. The number of hydrogen-bond donors (Lipinski definition) is 1. The van der Waals surface area contributed by atoms with Gasteiger partial charge in [0, 0.05) is 5.56 Å². The van der Waals surface area contributed by atoms with E-state index in [9.17, 15) is 10.0 Å². The summed E-state index contributed by atoms with van der Waals surface area (Å²) in [5.74, 6) is 0.779. The molecule has 0 saturated heterocycles. The van der Waals surface area contributed by atoms with E-state index >= 15 is 0 Å². The first kappa shape index (κ1) is 17.8. The maximum Gasteiger partial charge on any atom is 0.438 e. The quantitative estimate of drug-likeness (QED) is 0.652. The van der Waals surface area contributed by atoms with Crippen molar-refractivity contribution in [2.75, 3.05) is 12.2 Å². The second kappa shape index (κ2) is 7.84. The molecule has 5 heteroatoms. The Labute approximate surface area is 142 Å². The molecule has 0 atom stereocenters. The van der Waals surface area contributed by atoms with Gasteiger partial charge in [0.1, 0.15) is 12.4 Å². The molecule has 0 aliphatic rings. The molecule has 0 fully saturated rings. The average Bonchev–Trinajstić information content (AvgIpc) is 2.59. The number of anilines is 1. The molecular formula is C19H23NO4. The van der Waals surface area contributed by atoms with Crippen molar-refractivity contribution in [2.45, 2.75) is 33.8 Å². The zero-order valence-electron chi connectivity index (χ0n) is 14.5.